The van der Waals surface area contributed by atoms with Gasteiger partial charge in [0.2, 0.25) is 15.9 Å². The lowest BCUT2D eigenvalue weighted by Gasteiger charge is -2.34. The van der Waals surface area contributed by atoms with E-state index in [1.54, 1.807) is 62.6 Å². The average molecular weight is 515 g/mol. The maximum absolute atomic E-state index is 13.4. The number of amides is 4. The van der Waals surface area contributed by atoms with Crippen LogP contribution in [0, 0.1) is 0 Å². The molecule has 0 aromatic heterocycles. The zero-order valence-electron chi connectivity index (χ0n) is 20.3. The third-order valence-corrected chi connectivity index (χ3v) is 8.61. The Morgan fingerprint density at radius 2 is 1.64 bits per heavy atom. The minimum absolute atomic E-state index is 0.102. The number of methoxy groups -OCH3 is 1. The molecule has 4 amide bonds. The minimum Gasteiger partial charge on any atom is -0.497 e. The molecule has 2 aromatic rings. The number of carbonyl (C=O) groups excluding carboxylic acids is 3. The fraction of sp³-hybridized carbons (Fsp3) is 0.400. The first-order valence-electron chi connectivity index (χ1n) is 11.8. The summed E-state index contributed by atoms with van der Waals surface area (Å²) in [6.45, 7) is 2.08. The highest BCUT2D eigenvalue weighted by Gasteiger charge is 2.52. The van der Waals surface area contributed by atoms with Crippen molar-refractivity contribution in [3.05, 3.63) is 65.7 Å². The summed E-state index contributed by atoms with van der Waals surface area (Å²) in [5, 5.41) is 2.77. The van der Waals surface area contributed by atoms with Crippen LogP contribution in [-0.4, -0.2) is 80.2 Å². The smallest absolute Gasteiger partial charge is 0.325 e. The lowest BCUT2D eigenvalue weighted by Crippen LogP contribution is -2.53. The van der Waals surface area contributed by atoms with Gasteiger partial charge in [0, 0.05) is 26.2 Å². The highest BCUT2D eigenvalue weighted by molar-refractivity contribution is 7.88. The van der Waals surface area contributed by atoms with Crippen LogP contribution in [0.4, 0.5) is 4.79 Å². The van der Waals surface area contributed by atoms with Crippen LogP contribution in [0.3, 0.4) is 0 Å². The van der Waals surface area contributed by atoms with Gasteiger partial charge in [0.15, 0.2) is 0 Å². The first kappa shape index (κ1) is 25.6. The molecule has 2 saturated heterocycles. The van der Waals surface area contributed by atoms with E-state index in [0.717, 1.165) is 4.90 Å². The predicted molar refractivity (Wildman–Crippen MR) is 132 cm³/mol. The van der Waals surface area contributed by atoms with E-state index < -0.39 is 40.0 Å². The highest BCUT2D eigenvalue weighted by Crippen LogP contribution is 2.33. The third kappa shape index (κ3) is 4.93. The fourth-order valence-electron chi connectivity index (χ4n) is 4.61. The number of nitrogens with one attached hydrogen (secondary N) is 1. The molecule has 1 atom stereocenters. The molecule has 2 fully saturated rings. The predicted octanol–water partition coefficient (Wildman–Crippen LogP) is 1.53. The molecule has 2 aliphatic heterocycles. The van der Waals surface area contributed by atoms with Crippen LogP contribution in [0.25, 0.3) is 0 Å². The van der Waals surface area contributed by atoms with Gasteiger partial charge in [-0.2, -0.15) is 4.31 Å². The minimum atomic E-state index is -3.52. The Morgan fingerprint density at radius 1 is 1.00 bits per heavy atom. The number of imide groups is 1. The number of piperazine rings is 1. The van der Waals surface area contributed by atoms with Crippen LogP contribution in [0.2, 0.25) is 0 Å². The number of hydrogen-bond acceptors (Lipinski definition) is 6. The van der Waals surface area contributed by atoms with Crippen molar-refractivity contribution >= 4 is 27.9 Å². The molecule has 0 spiro atoms. The van der Waals surface area contributed by atoms with Crippen molar-refractivity contribution in [1.29, 1.82) is 0 Å². The third-order valence-electron chi connectivity index (χ3n) is 6.76. The van der Waals surface area contributed by atoms with Crippen LogP contribution >= 0.6 is 0 Å². The summed E-state index contributed by atoms with van der Waals surface area (Å²) in [5.74, 6) is -0.370. The van der Waals surface area contributed by atoms with Crippen molar-refractivity contribution in [1.82, 2.24) is 19.4 Å². The second-order valence-electron chi connectivity index (χ2n) is 8.83. The van der Waals surface area contributed by atoms with Crippen LogP contribution in [0.1, 0.15) is 24.5 Å². The van der Waals surface area contributed by atoms with Crippen molar-refractivity contribution < 1.29 is 27.5 Å². The van der Waals surface area contributed by atoms with E-state index in [4.69, 9.17) is 4.74 Å². The Labute approximate surface area is 210 Å². The molecule has 0 bridgehead atoms. The zero-order valence-corrected chi connectivity index (χ0v) is 21.2. The van der Waals surface area contributed by atoms with E-state index in [1.807, 2.05) is 6.07 Å². The number of urea groups is 1. The van der Waals surface area contributed by atoms with E-state index >= 15 is 0 Å². The van der Waals surface area contributed by atoms with Gasteiger partial charge in [-0.15, -0.1) is 0 Å². The topological polar surface area (TPSA) is 116 Å². The molecule has 2 aromatic carbocycles. The highest BCUT2D eigenvalue weighted by atomic mass is 32.2. The number of carbonyl (C=O) groups is 3. The number of benzene rings is 2. The van der Waals surface area contributed by atoms with Crippen molar-refractivity contribution in [2.24, 2.45) is 0 Å². The normalized spacial score (nSPS) is 20.9. The van der Waals surface area contributed by atoms with Crippen LogP contribution in [0.5, 0.6) is 5.75 Å². The maximum atomic E-state index is 13.4. The quantitative estimate of drug-likeness (QED) is 0.534. The molecular weight excluding hydrogens is 484 g/mol. The lowest BCUT2D eigenvalue weighted by molar-refractivity contribution is -0.139. The van der Waals surface area contributed by atoms with Crippen molar-refractivity contribution in [2.45, 2.75) is 24.6 Å². The van der Waals surface area contributed by atoms with Crippen molar-refractivity contribution in [2.75, 3.05) is 39.8 Å². The van der Waals surface area contributed by atoms with Gasteiger partial charge in [-0.25, -0.2) is 13.2 Å². The first-order valence-corrected chi connectivity index (χ1v) is 13.4. The van der Waals surface area contributed by atoms with E-state index in [-0.39, 0.29) is 31.9 Å². The summed E-state index contributed by atoms with van der Waals surface area (Å²) in [5.41, 5.74) is 0.0515. The molecule has 4 rings (SSSR count). The van der Waals surface area contributed by atoms with Crippen LogP contribution in [-0.2, 0) is 30.9 Å². The van der Waals surface area contributed by atoms with Crippen molar-refractivity contribution in [3.63, 3.8) is 0 Å². The second kappa shape index (κ2) is 10.3. The molecule has 0 radical (unpaired) electrons. The summed E-state index contributed by atoms with van der Waals surface area (Å²) in [6, 6.07) is 15.2. The largest absolute Gasteiger partial charge is 0.497 e. The standard InChI is InChI=1S/C25H30N4O6S/c1-3-25(20-9-11-21(35-2)12-10-20)23(31)29(24(32)26-25)17-22(30)27-13-15-28(16-14-27)36(33,34)18-19-7-5-4-6-8-19/h4-12H,3,13-18H2,1-2H3,(H,26,32)/t25-/m0/s1. The zero-order chi connectivity index (χ0) is 25.9. The molecule has 0 unspecified atom stereocenters. The molecule has 2 aliphatic rings. The fourth-order valence-corrected chi connectivity index (χ4v) is 6.13. The van der Waals surface area contributed by atoms with Gasteiger partial charge in [-0.05, 0) is 29.7 Å². The van der Waals surface area contributed by atoms with Gasteiger partial charge in [-0.3, -0.25) is 14.5 Å². The molecule has 2 heterocycles. The van der Waals surface area contributed by atoms with Gasteiger partial charge < -0.3 is 15.0 Å². The summed E-state index contributed by atoms with van der Waals surface area (Å²) in [4.78, 5) is 41.5. The molecule has 36 heavy (non-hydrogen) atoms. The maximum Gasteiger partial charge on any atom is 0.325 e. The Kier molecular flexibility index (Phi) is 7.32. The van der Waals surface area contributed by atoms with Crippen LogP contribution in [0.15, 0.2) is 54.6 Å². The van der Waals surface area contributed by atoms with Gasteiger partial charge >= 0.3 is 6.03 Å². The molecule has 1 N–H and O–H groups in total. The number of hydrogen-bond donors (Lipinski definition) is 1. The molecule has 0 saturated carbocycles. The van der Waals surface area contributed by atoms with Gasteiger partial charge in [0.25, 0.3) is 5.91 Å². The lowest BCUT2D eigenvalue weighted by atomic mass is 9.87. The van der Waals surface area contributed by atoms with Gasteiger partial charge in [0.05, 0.1) is 12.9 Å². The molecule has 192 valence electrons. The summed E-state index contributed by atoms with van der Waals surface area (Å²) < 4.78 is 32.1. The first-order chi connectivity index (χ1) is 17.2. The SMILES string of the molecule is CC[C@@]1(c2ccc(OC)cc2)NC(=O)N(CC(=O)N2CCN(S(=O)(=O)Cc3ccccc3)CC2)C1=O. The van der Waals surface area contributed by atoms with E-state index in [9.17, 15) is 22.8 Å². The number of rotatable bonds is 8. The number of sulfonamides is 1. The number of ether oxygens (including phenoxy) is 1. The van der Waals surface area contributed by atoms with Crippen LogP contribution < -0.4 is 10.1 Å². The van der Waals surface area contributed by atoms with Crippen molar-refractivity contribution in [3.8, 4) is 5.75 Å². The van der Waals surface area contributed by atoms with E-state index in [2.05, 4.69) is 5.32 Å². The van der Waals surface area contributed by atoms with Gasteiger partial charge in [-0.1, -0.05) is 49.4 Å². The van der Waals surface area contributed by atoms with E-state index in [1.165, 1.54) is 9.21 Å². The van der Waals surface area contributed by atoms with Gasteiger partial charge in [0.1, 0.15) is 17.8 Å². The Morgan fingerprint density at radius 3 is 2.22 bits per heavy atom. The summed E-state index contributed by atoms with van der Waals surface area (Å²) in [7, 11) is -1.98. The monoisotopic (exact) mass is 514 g/mol. The molecule has 10 nitrogen and oxygen atoms in total. The molecule has 11 heteroatoms. The Bertz CT molecular complexity index is 1230. The molecular formula is C25H30N4O6S. The second-order valence-corrected chi connectivity index (χ2v) is 10.8. The average Bonchev–Trinajstić information content (AvgIpc) is 3.14. The molecule has 0 aliphatic carbocycles. The Hall–Kier alpha value is -3.44. The summed E-state index contributed by atoms with van der Waals surface area (Å²) in [6.07, 6.45) is 0.312. The Balaban J connectivity index is 1.38. The summed E-state index contributed by atoms with van der Waals surface area (Å²) >= 11 is 0. The van der Waals surface area contributed by atoms with E-state index in [0.29, 0.717) is 23.3 Å². The number of nitrogens with zero attached hydrogens (tertiary/aromatic N) is 3.